The Bertz CT molecular complexity index is 1200. The highest BCUT2D eigenvalue weighted by Crippen LogP contribution is 2.26. The van der Waals surface area contributed by atoms with Crippen molar-refractivity contribution < 1.29 is 17.9 Å². The number of benzene rings is 3. The minimum atomic E-state index is -3.74. The van der Waals surface area contributed by atoms with Crippen LogP contribution < -0.4 is 14.5 Å². The molecular formula is C23H22BrN3O4S. The second kappa shape index (κ2) is 10.4. The molecule has 0 saturated carbocycles. The summed E-state index contributed by atoms with van der Waals surface area (Å²) in [6.07, 6.45) is 2.53. The van der Waals surface area contributed by atoms with Crippen molar-refractivity contribution in [2.45, 2.75) is 13.0 Å². The number of carbonyl (C=O) groups excluding carboxylic acids is 1. The highest BCUT2D eigenvalue weighted by molar-refractivity contribution is 9.10. The van der Waals surface area contributed by atoms with E-state index in [1.54, 1.807) is 24.3 Å². The standard InChI is InChI=1S/C23H22BrN3O4S/c1-17(23(28)26-25-16-18-7-6-8-19(24)15-18)27(32(2,29)30)20-11-13-22(14-12-20)31-21-9-4-3-5-10-21/h3-17H,1-2H3,(H,26,28)/b25-16-/t17-/m0/s1. The number of carbonyl (C=O) groups is 1. The molecule has 0 aliphatic heterocycles. The summed E-state index contributed by atoms with van der Waals surface area (Å²) in [4.78, 5) is 12.6. The van der Waals surface area contributed by atoms with Crippen molar-refractivity contribution in [2.75, 3.05) is 10.6 Å². The number of ether oxygens (including phenoxy) is 1. The SMILES string of the molecule is C[C@@H](C(=O)N/N=C\c1cccc(Br)c1)N(c1ccc(Oc2ccccc2)cc1)S(C)(=O)=O. The summed E-state index contributed by atoms with van der Waals surface area (Å²) < 4.78 is 32.6. The lowest BCUT2D eigenvalue weighted by Gasteiger charge is -2.27. The minimum Gasteiger partial charge on any atom is -0.457 e. The van der Waals surface area contributed by atoms with E-state index in [9.17, 15) is 13.2 Å². The maximum atomic E-state index is 12.6. The first-order valence-corrected chi connectivity index (χ1v) is 12.3. The molecule has 0 aromatic heterocycles. The third-order valence-corrected chi connectivity index (χ3v) is 6.13. The van der Waals surface area contributed by atoms with E-state index in [0.29, 0.717) is 17.2 Å². The van der Waals surface area contributed by atoms with Crippen molar-refractivity contribution >= 4 is 43.8 Å². The Hall–Kier alpha value is -3.17. The number of para-hydroxylation sites is 1. The number of anilines is 1. The summed E-state index contributed by atoms with van der Waals surface area (Å²) in [6.45, 7) is 1.50. The third kappa shape index (κ3) is 6.41. The molecular weight excluding hydrogens is 494 g/mol. The molecule has 3 aromatic rings. The quantitative estimate of drug-likeness (QED) is 0.352. The molecule has 0 radical (unpaired) electrons. The van der Waals surface area contributed by atoms with E-state index in [0.717, 1.165) is 20.6 Å². The first kappa shape index (κ1) is 23.5. The lowest BCUT2D eigenvalue weighted by molar-refractivity contribution is -0.121. The van der Waals surface area contributed by atoms with Gasteiger partial charge in [0.15, 0.2) is 0 Å². The number of sulfonamides is 1. The van der Waals surface area contributed by atoms with Gasteiger partial charge < -0.3 is 4.74 Å². The molecule has 1 N–H and O–H groups in total. The molecule has 0 heterocycles. The van der Waals surface area contributed by atoms with Crippen molar-refractivity contribution in [3.05, 3.63) is 88.9 Å². The zero-order valence-corrected chi connectivity index (χ0v) is 19.9. The summed E-state index contributed by atoms with van der Waals surface area (Å²) >= 11 is 3.37. The van der Waals surface area contributed by atoms with E-state index in [2.05, 4.69) is 26.5 Å². The van der Waals surface area contributed by atoms with E-state index >= 15 is 0 Å². The van der Waals surface area contributed by atoms with Crippen LogP contribution in [0, 0.1) is 0 Å². The van der Waals surface area contributed by atoms with Gasteiger partial charge in [-0.05, 0) is 61.0 Å². The maximum absolute atomic E-state index is 12.6. The fraction of sp³-hybridized carbons (Fsp3) is 0.130. The molecule has 3 rings (SSSR count). The van der Waals surface area contributed by atoms with Gasteiger partial charge in [0.05, 0.1) is 18.2 Å². The lowest BCUT2D eigenvalue weighted by Crippen LogP contribution is -2.46. The number of nitrogens with zero attached hydrogens (tertiary/aromatic N) is 2. The second-order valence-electron chi connectivity index (χ2n) is 6.93. The zero-order chi connectivity index (χ0) is 23.1. The first-order chi connectivity index (χ1) is 15.2. The topological polar surface area (TPSA) is 88.1 Å². The number of nitrogens with one attached hydrogen (secondary N) is 1. The van der Waals surface area contributed by atoms with Crippen LogP contribution in [0.15, 0.2) is 88.4 Å². The van der Waals surface area contributed by atoms with Gasteiger partial charge in [0.1, 0.15) is 17.5 Å². The first-order valence-electron chi connectivity index (χ1n) is 9.65. The molecule has 0 unspecified atom stereocenters. The molecule has 0 aliphatic rings. The number of halogens is 1. The van der Waals surface area contributed by atoms with Crippen LogP contribution in [-0.2, 0) is 14.8 Å². The van der Waals surface area contributed by atoms with Crippen LogP contribution in [0.25, 0.3) is 0 Å². The smallest absolute Gasteiger partial charge is 0.263 e. The molecule has 32 heavy (non-hydrogen) atoms. The summed E-state index contributed by atoms with van der Waals surface area (Å²) in [6, 6.07) is 22.1. The van der Waals surface area contributed by atoms with Gasteiger partial charge in [0.2, 0.25) is 10.0 Å². The Balaban J connectivity index is 1.73. The van der Waals surface area contributed by atoms with Crippen LogP contribution in [0.3, 0.4) is 0 Å². The normalized spacial score (nSPS) is 12.3. The largest absolute Gasteiger partial charge is 0.457 e. The molecule has 1 amide bonds. The maximum Gasteiger partial charge on any atom is 0.263 e. The van der Waals surface area contributed by atoms with Crippen molar-refractivity contribution in [1.29, 1.82) is 0 Å². The molecule has 1 atom stereocenters. The highest BCUT2D eigenvalue weighted by Gasteiger charge is 2.29. The van der Waals surface area contributed by atoms with Gasteiger partial charge in [-0.25, -0.2) is 13.8 Å². The number of hydrogen-bond donors (Lipinski definition) is 1. The monoisotopic (exact) mass is 515 g/mol. The fourth-order valence-electron chi connectivity index (χ4n) is 2.95. The predicted molar refractivity (Wildman–Crippen MR) is 130 cm³/mol. The number of hydrazone groups is 1. The summed E-state index contributed by atoms with van der Waals surface area (Å²) in [5.74, 6) is 0.645. The molecule has 0 spiro atoms. The van der Waals surface area contributed by atoms with E-state index < -0.39 is 22.0 Å². The molecule has 7 nitrogen and oxygen atoms in total. The Kier molecular flexibility index (Phi) is 7.66. The van der Waals surface area contributed by atoms with Crippen LogP contribution in [0.5, 0.6) is 11.5 Å². The van der Waals surface area contributed by atoms with E-state index in [1.165, 1.54) is 13.1 Å². The number of rotatable bonds is 8. The summed E-state index contributed by atoms with van der Waals surface area (Å²) in [5.41, 5.74) is 3.52. The molecule has 3 aromatic carbocycles. The molecule has 0 saturated heterocycles. The van der Waals surface area contributed by atoms with Crippen molar-refractivity contribution in [3.8, 4) is 11.5 Å². The Morgan fingerprint density at radius 3 is 2.31 bits per heavy atom. The summed E-state index contributed by atoms with van der Waals surface area (Å²) in [5, 5.41) is 3.94. The van der Waals surface area contributed by atoms with Crippen LogP contribution >= 0.6 is 15.9 Å². The lowest BCUT2D eigenvalue weighted by atomic mass is 10.2. The fourth-order valence-corrected chi connectivity index (χ4v) is 4.54. The van der Waals surface area contributed by atoms with Crippen molar-refractivity contribution in [3.63, 3.8) is 0 Å². The van der Waals surface area contributed by atoms with Crippen LogP contribution in [-0.4, -0.2) is 32.8 Å². The van der Waals surface area contributed by atoms with E-state index in [1.807, 2.05) is 54.6 Å². The average molecular weight is 516 g/mol. The third-order valence-electron chi connectivity index (χ3n) is 4.40. The van der Waals surface area contributed by atoms with E-state index in [-0.39, 0.29) is 0 Å². The average Bonchev–Trinajstić information content (AvgIpc) is 2.75. The van der Waals surface area contributed by atoms with Gasteiger partial charge in [-0.15, -0.1) is 0 Å². The Labute approximate surface area is 195 Å². The number of hydrogen-bond acceptors (Lipinski definition) is 5. The molecule has 0 aliphatic carbocycles. The number of amides is 1. The van der Waals surface area contributed by atoms with Crippen LogP contribution in [0.2, 0.25) is 0 Å². The Morgan fingerprint density at radius 2 is 1.69 bits per heavy atom. The van der Waals surface area contributed by atoms with Crippen molar-refractivity contribution in [2.24, 2.45) is 5.10 Å². The van der Waals surface area contributed by atoms with Gasteiger partial charge in [-0.2, -0.15) is 5.10 Å². The highest BCUT2D eigenvalue weighted by atomic mass is 79.9. The van der Waals surface area contributed by atoms with Gasteiger partial charge >= 0.3 is 0 Å². The van der Waals surface area contributed by atoms with Crippen LogP contribution in [0.1, 0.15) is 12.5 Å². The van der Waals surface area contributed by atoms with Crippen LogP contribution in [0.4, 0.5) is 5.69 Å². The van der Waals surface area contributed by atoms with Gasteiger partial charge in [0, 0.05) is 4.47 Å². The minimum absolute atomic E-state index is 0.339. The van der Waals surface area contributed by atoms with Crippen molar-refractivity contribution in [1.82, 2.24) is 5.43 Å². The van der Waals surface area contributed by atoms with Gasteiger partial charge in [-0.1, -0.05) is 46.3 Å². The molecule has 9 heteroatoms. The van der Waals surface area contributed by atoms with E-state index in [4.69, 9.17) is 4.74 Å². The van der Waals surface area contributed by atoms with Gasteiger partial charge in [0.25, 0.3) is 5.91 Å². The molecule has 0 fully saturated rings. The predicted octanol–water partition coefficient (Wildman–Crippen LogP) is 4.55. The van der Waals surface area contributed by atoms with Gasteiger partial charge in [-0.3, -0.25) is 9.10 Å². The zero-order valence-electron chi connectivity index (χ0n) is 17.5. The molecule has 166 valence electrons. The Morgan fingerprint density at radius 1 is 1.03 bits per heavy atom. The summed E-state index contributed by atoms with van der Waals surface area (Å²) in [7, 11) is -3.74. The molecule has 0 bridgehead atoms. The second-order valence-corrected chi connectivity index (χ2v) is 9.71.